The molecule has 0 bridgehead atoms. The highest BCUT2D eigenvalue weighted by atomic mass is 32.1. The fourth-order valence-corrected chi connectivity index (χ4v) is 3.34. The molecule has 0 saturated heterocycles. The summed E-state index contributed by atoms with van der Waals surface area (Å²) < 4.78 is 18.1. The van der Waals surface area contributed by atoms with Crippen molar-refractivity contribution in [2.24, 2.45) is 5.73 Å². The number of aliphatic hydroxyl groups is 1. The predicted molar refractivity (Wildman–Crippen MR) is 124 cm³/mol. The summed E-state index contributed by atoms with van der Waals surface area (Å²) >= 11 is 1.55. The van der Waals surface area contributed by atoms with Crippen molar-refractivity contribution in [1.82, 2.24) is 0 Å². The largest absolute Gasteiger partial charge is 0.497 e. The average Bonchev–Trinajstić information content (AvgIpc) is 3.20. The molecule has 0 aliphatic heterocycles. The van der Waals surface area contributed by atoms with E-state index in [2.05, 4.69) is 5.32 Å². The lowest BCUT2D eigenvalue weighted by Crippen LogP contribution is -2.10. The van der Waals surface area contributed by atoms with E-state index in [-0.39, 0.29) is 0 Å². The van der Waals surface area contributed by atoms with Gasteiger partial charge in [0.05, 0.1) is 12.9 Å². The quantitative estimate of drug-likeness (QED) is 0.568. The molecule has 1 heterocycles. The molecule has 160 valence electrons. The van der Waals surface area contributed by atoms with Crippen LogP contribution in [0, 0.1) is 6.92 Å². The lowest BCUT2D eigenvalue weighted by Gasteiger charge is -2.14. The summed E-state index contributed by atoms with van der Waals surface area (Å²) in [4.78, 5) is 0.939. The molecule has 1 aliphatic rings. The molecule has 2 unspecified atom stereocenters. The zero-order valence-corrected chi connectivity index (χ0v) is 18.5. The summed E-state index contributed by atoms with van der Waals surface area (Å²) in [5.41, 5.74) is 7.30. The van der Waals surface area contributed by atoms with Gasteiger partial charge in [0.2, 0.25) is 0 Å². The van der Waals surface area contributed by atoms with Gasteiger partial charge < -0.3 is 20.9 Å². The second-order valence-corrected chi connectivity index (χ2v) is 7.96. The molecule has 0 fully saturated rings. The van der Waals surface area contributed by atoms with E-state index in [1.165, 1.54) is 19.1 Å². The first kappa shape index (κ1) is 23.4. The van der Waals surface area contributed by atoms with Crippen LogP contribution < -0.4 is 11.1 Å². The van der Waals surface area contributed by atoms with Crippen molar-refractivity contribution in [1.29, 1.82) is 0 Å². The van der Waals surface area contributed by atoms with Crippen molar-refractivity contribution in [3.63, 3.8) is 0 Å². The van der Waals surface area contributed by atoms with Crippen LogP contribution in [0.3, 0.4) is 0 Å². The minimum absolute atomic E-state index is 0.590. The van der Waals surface area contributed by atoms with Crippen molar-refractivity contribution in [2.45, 2.75) is 32.5 Å². The van der Waals surface area contributed by atoms with E-state index in [4.69, 9.17) is 10.5 Å². The van der Waals surface area contributed by atoms with Gasteiger partial charge in [-0.25, -0.2) is 4.39 Å². The molecular weight excluding hydrogens is 399 g/mol. The minimum atomic E-state index is -1.35. The normalized spacial score (nSPS) is 19.3. The number of ether oxygens (including phenoxy) is 1. The van der Waals surface area contributed by atoms with Crippen LogP contribution in [0.4, 0.5) is 10.1 Å². The second-order valence-electron chi connectivity index (χ2n) is 6.98. The number of nitrogens with two attached hydrogens (primary N) is 1. The molecule has 1 aliphatic carbocycles. The molecular formula is C24H29FN2O2S. The number of hydrogen-bond donors (Lipinski definition) is 3. The van der Waals surface area contributed by atoms with Gasteiger partial charge >= 0.3 is 0 Å². The van der Waals surface area contributed by atoms with Crippen LogP contribution in [0.2, 0.25) is 0 Å². The molecule has 2 aromatic rings. The molecule has 0 spiro atoms. The highest BCUT2D eigenvalue weighted by Crippen LogP contribution is 2.29. The first-order valence-electron chi connectivity index (χ1n) is 9.58. The van der Waals surface area contributed by atoms with E-state index >= 15 is 0 Å². The van der Waals surface area contributed by atoms with Gasteiger partial charge in [-0.15, -0.1) is 11.3 Å². The highest BCUT2D eigenvalue weighted by Gasteiger charge is 2.15. The second kappa shape index (κ2) is 10.8. The number of rotatable bonds is 5. The van der Waals surface area contributed by atoms with E-state index in [0.717, 1.165) is 21.7 Å². The number of alkyl halides is 1. The van der Waals surface area contributed by atoms with Gasteiger partial charge in [-0.2, -0.15) is 0 Å². The highest BCUT2D eigenvalue weighted by molar-refractivity contribution is 7.10. The zero-order chi connectivity index (χ0) is 22.1. The number of nitrogens with one attached hydrogen (secondary N) is 1. The van der Waals surface area contributed by atoms with E-state index in [0.29, 0.717) is 11.6 Å². The van der Waals surface area contributed by atoms with Crippen molar-refractivity contribution in [3.05, 3.63) is 99.8 Å². The Balaban J connectivity index is 0.000000248. The van der Waals surface area contributed by atoms with Crippen LogP contribution >= 0.6 is 11.3 Å². The molecule has 6 heteroatoms. The molecule has 1 aromatic carbocycles. The number of allylic oxidation sites excluding steroid dienone is 6. The summed E-state index contributed by atoms with van der Waals surface area (Å²) in [5.74, 6) is 1.27. The van der Waals surface area contributed by atoms with Gasteiger partial charge in [-0.05, 0) is 79.8 Å². The lowest BCUT2D eigenvalue weighted by molar-refractivity contribution is 0.224. The molecule has 0 saturated carbocycles. The lowest BCUT2D eigenvalue weighted by atomic mass is 10.0. The first-order valence-corrected chi connectivity index (χ1v) is 10.5. The Morgan fingerprint density at radius 1 is 1.33 bits per heavy atom. The van der Waals surface area contributed by atoms with Crippen LogP contribution in [0.15, 0.2) is 83.7 Å². The summed E-state index contributed by atoms with van der Waals surface area (Å²) in [6.45, 7) is 5.38. The molecule has 30 heavy (non-hydrogen) atoms. The number of hydrogen-bond acceptors (Lipinski definition) is 5. The van der Waals surface area contributed by atoms with Gasteiger partial charge in [0.1, 0.15) is 17.5 Å². The van der Waals surface area contributed by atoms with Gasteiger partial charge in [-0.3, -0.25) is 0 Å². The maximum absolute atomic E-state index is 13.2. The fourth-order valence-electron chi connectivity index (χ4n) is 2.61. The van der Waals surface area contributed by atoms with E-state index in [1.54, 1.807) is 36.7 Å². The van der Waals surface area contributed by atoms with E-state index in [1.807, 2.05) is 55.6 Å². The van der Waals surface area contributed by atoms with E-state index in [9.17, 15) is 9.50 Å². The zero-order valence-electron chi connectivity index (χ0n) is 17.7. The SMILES string of the molecule is C/C=C(/N)Nc1cc(C(O)c2cccs2)ccc1C.COC1=CC=CC(C)(F)C=C1. The third-order valence-electron chi connectivity index (χ3n) is 4.47. The molecule has 2 atom stereocenters. The minimum Gasteiger partial charge on any atom is -0.497 e. The summed E-state index contributed by atoms with van der Waals surface area (Å²) in [7, 11) is 1.56. The molecule has 4 nitrogen and oxygen atoms in total. The molecule has 0 amide bonds. The molecule has 0 radical (unpaired) electrons. The summed E-state index contributed by atoms with van der Waals surface area (Å²) in [6, 6.07) is 9.74. The van der Waals surface area contributed by atoms with Crippen LogP contribution in [-0.4, -0.2) is 17.9 Å². The Hall–Kier alpha value is -2.83. The van der Waals surface area contributed by atoms with Crippen molar-refractivity contribution in [3.8, 4) is 0 Å². The number of aryl methyl sites for hydroxylation is 1. The Bertz CT molecular complexity index is 944. The van der Waals surface area contributed by atoms with Crippen LogP contribution in [0.25, 0.3) is 0 Å². The Morgan fingerprint density at radius 3 is 2.73 bits per heavy atom. The summed E-state index contributed by atoms with van der Waals surface area (Å²) in [5, 5.41) is 15.4. The van der Waals surface area contributed by atoms with Gasteiger partial charge in [0.25, 0.3) is 0 Å². The maximum atomic E-state index is 13.2. The predicted octanol–water partition coefficient (Wildman–Crippen LogP) is 5.74. The van der Waals surface area contributed by atoms with Crippen LogP contribution in [0.5, 0.6) is 0 Å². The number of benzene rings is 1. The average molecular weight is 429 g/mol. The number of thiophene rings is 1. The Kier molecular flexibility index (Phi) is 8.45. The van der Waals surface area contributed by atoms with Crippen LogP contribution in [-0.2, 0) is 4.74 Å². The van der Waals surface area contributed by atoms with Crippen molar-refractivity contribution in [2.75, 3.05) is 12.4 Å². The van der Waals surface area contributed by atoms with Crippen molar-refractivity contribution >= 4 is 17.0 Å². The third-order valence-corrected chi connectivity index (χ3v) is 5.40. The number of aliphatic hydroxyl groups excluding tert-OH is 1. The molecule has 1 aromatic heterocycles. The van der Waals surface area contributed by atoms with Gasteiger partial charge in [0, 0.05) is 10.6 Å². The monoisotopic (exact) mass is 428 g/mol. The standard InChI is InChI=1S/C15H18N2OS.C9H11FO/c1-3-14(16)17-12-9-11(7-6-10(12)2)15(18)13-5-4-8-19-13;1-9(10)6-3-4-8(11-2)5-7-9/h3-9,15,17-18H,16H2,1-2H3;3-7H,1-2H3/b14-3-;. The summed E-state index contributed by atoms with van der Waals surface area (Å²) in [6.07, 6.45) is 9.16. The Morgan fingerprint density at radius 2 is 2.10 bits per heavy atom. The first-order chi connectivity index (χ1) is 14.3. The smallest absolute Gasteiger partial charge is 0.145 e. The Labute approximate surface area is 181 Å². The van der Waals surface area contributed by atoms with Crippen LogP contribution in [0.1, 0.15) is 36.0 Å². The third kappa shape index (κ3) is 6.90. The number of methoxy groups -OCH3 is 1. The van der Waals surface area contributed by atoms with Gasteiger partial charge in [0.15, 0.2) is 0 Å². The molecule has 3 rings (SSSR count). The number of anilines is 1. The maximum Gasteiger partial charge on any atom is 0.145 e. The number of halogens is 1. The van der Waals surface area contributed by atoms with Crippen molar-refractivity contribution < 1.29 is 14.2 Å². The fraction of sp³-hybridized carbons (Fsp3) is 0.250. The van der Waals surface area contributed by atoms with Gasteiger partial charge in [-0.1, -0.05) is 24.3 Å². The van der Waals surface area contributed by atoms with E-state index < -0.39 is 11.8 Å². The topological polar surface area (TPSA) is 67.5 Å². The molecule has 4 N–H and O–H groups in total.